The van der Waals surface area contributed by atoms with Gasteiger partial charge in [0.2, 0.25) is 5.91 Å². The Morgan fingerprint density at radius 2 is 2.18 bits per heavy atom. The molecular weight excluding hydrogens is 227 g/mol. The third-order valence-electron chi connectivity index (χ3n) is 1.97. The molecule has 0 aliphatic carbocycles. The van der Waals surface area contributed by atoms with Crippen LogP contribution in [0.4, 0.5) is 11.4 Å². The first-order valence-corrected chi connectivity index (χ1v) is 4.53. The second-order valence-corrected chi connectivity index (χ2v) is 3.10. The molecule has 0 bridgehead atoms. The Morgan fingerprint density at radius 1 is 1.53 bits per heavy atom. The van der Waals surface area contributed by atoms with E-state index in [-0.39, 0.29) is 16.8 Å². The minimum Gasteiger partial charge on any atom is -0.423 e. The number of carbonyl (C=O) groups is 1. The predicted octanol–water partition coefficient (Wildman–Crippen LogP) is -0.601. The molecule has 0 aromatic heterocycles. The van der Waals surface area contributed by atoms with Crippen LogP contribution >= 0.6 is 0 Å². The van der Waals surface area contributed by atoms with Crippen molar-refractivity contribution in [1.82, 2.24) is 0 Å². The molecule has 0 spiro atoms. The maximum Gasteiger partial charge on any atom is 0.490 e. The third-order valence-corrected chi connectivity index (χ3v) is 1.97. The molecule has 3 N–H and O–H groups in total. The lowest BCUT2D eigenvalue weighted by Gasteiger charge is -2.08. The highest BCUT2D eigenvalue weighted by Crippen LogP contribution is 2.15. The van der Waals surface area contributed by atoms with Crippen LogP contribution in [0.15, 0.2) is 30.9 Å². The van der Waals surface area contributed by atoms with Crippen molar-refractivity contribution in [1.29, 1.82) is 0 Å². The van der Waals surface area contributed by atoms with Crippen molar-refractivity contribution in [3.8, 4) is 0 Å². The molecule has 0 heterocycles. The van der Waals surface area contributed by atoms with Gasteiger partial charge in [0.25, 0.3) is 5.69 Å². The van der Waals surface area contributed by atoms with E-state index < -0.39 is 17.9 Å². The van der Waals surface area contributed by atoms with E-state index in [1.165, 1.54) is 0 Å². The molecule has 0 radical (unpaired) electrons. The highest BCUT2D eigenvalue weighted by molar-refractivity contribution is 6.60. The molecule has 0 aliphatic rings. The average Bonchev–Trinajstić information content (AvgIpc) is 2.28. The van der Waals surface area contributed by atoms with Crippen LogP contribution in [0.2, 0.25) is 0 Å². The minimum absolute atomic E-state index is 0.0363. The summed E-state index contributed by atoms with van der Waals surface area (Å²) in [5.41, 5.74) is -0.348. The summed E-state index contributed by atoms with van der Waals surface area (Å²) in [6.07, 6.45) is 0.965. The van der Waals surface area contributed by atoms with Gasteiger partial charge in [-0.05, 0) is 6.08 Å². The number of carbonyl (C=O) groups excluding carboxylic acids is 1. The summed E-state index contributed by atoms with van der Waals surface area (Å²) in [4.78, 5) is 21.0. The van der Waals surface area contributed by atoms with Gasteiger partial charge in [0.15, 0.2) is 0 Å². The molecule has 1 amide bonds. The summed E-state index contributed by atoms with van der Waals surface area (Å²) in [5.74, 6) is -0.604. The van der Waals surface area contributed by atoms with E-state index in [0.717, 1.165) is 24.3 Å². The van der Waals surface area contributed by atoms with Crippen LogP contribution in [-0.4, -0.2) is 28.0 Å². The lowest BCUT2D eigenvalue weighted by Crippen LogP contribution is -2.33. The minimum atomic E-state index is -1.84. The van der Waals surface area contributed by atoms with Crippen LogP contribution < -0.4 is 10.8 Å². The van der Waals surface area contributed by atoms with Crippen LogP contribution in [0.1, 0.15) is 0 Å². The van der Waals surface area contributed by atoms with Gasteiger partial charge in [0.1, 0.15) is 0 Å². The van der Waals surface area contributed by atoms with E-state index in [1.807, 2.05) is 0 Å². The van der Waals surface area contributed by atoms with E-state index >= 15 is 0 Å². The van der Waals surface area contributed by atoms with Gasteiger partial charge in [-0.2, -0.15) is 0 Å². The Labute approximate surface area is 96.7 Å². The van der Waals surface area contributed by atoms with Crippen LogP contribution in [0, 0.1) is 10.1 Å². The summed E-state index contributed by atoms with van der Waals surface area (Å²) < 4.78 is 0. The van der Waals surface area contributed by atoms with Crippen LogP contribution in [0.5, 0.6) is 0 Å². The zero-order valence-corrected chi connectivity index (χ0v) is 8.66. The Morgan fingerprint density at radius 3 is 2.65 bits per heavy atom. The molecule has 0 aliphatic heterocycles. The topological polar surface area (TPSA) is 113 Å². The van der Waals surface area contributed by atoms with Crippen molar-refractivity contribution in [3.05, 3.63) is 41.0 Å². The summed E-state index contributed by atoms with van der Waals surface area (Å²) in [7, 11) is -1.84. The predicted molar refractivity (Wildman–Crippen MR) is 61.7 cm³/mol. The first-order valence-electron chi connectivity index (χ1n) is 4.53. The second kappa shape index (κ2) is 5.24. The number of amides is 1. The van der Waals surface area contributed by atoms with E-state index in [9.17, 15) is 14.9 Å². The maximum absolute atomic E-state index is 11.1. The number of hydrogen-bond acceptors (Lipinski definition) is 5. The number of nitrogens with zero attached hydrogens (tertiary/aromatic N) is 1. The quantitative estimate of drug-likeness (QED) is 0.279. The zero-order chi connectivity index (χ0) is 13.0. The van der Waals surface area contributed by atoms with Crippen molar-refractivity contribution in [2.45, 2.75) is 0 Å². The normalized spacial score (nSPS) is 9.53. The van der Waals surface area contributed by atoms with Gasteiger partial charge in [0.05, 0.1) is 4.92 Å². The summed E-state index contributed by atoms with van der Waals surface area (Å²) in [6, 6.07) is 3.30. The van der Waals surface area contributed by atoms with Crippen LogP contribution in [-0.2, 0) is 4.79 Å². The number of hydrogen-bond donors (Lipinski definition) is 3. The first kappa shape index (κ1) is 12.9. The fourth-order valence-electron chi connectivity index (χ4n) is 1.17. The Kier molecular flexibility index (Phi) is 3.97. The lowest BCUT2D eigenvalue weighted by atomic mass is 9.79. The summed E-state index contributed by atoms with van der Waals surface area (Å²) >= 11 is 0. The summed E-state index contributed by atoms with van der Waals surface area (Å²) in [5, 5.41) is 30.8. The molecular formula is C9H9BN2O5. The summed E-state index contributed by atoms with van der Waals surface area (Å²) in [6.45, 7) is 3.22. The van der Waals surface area contributed by atoms with Gasteiger partial charge in [-0.1, -0.05) is 12.6 Å². The first-order chi connectivity index (χ1) is 7.95. The Balaban J connectivity index is 3.20. The van der Waals surface area contributed by atoms with Crippen LogP contribution in [0.3, 0.4) is 0 Å². The monoisotopic (exact) mass is 236 g/mol. The molecule has 0 saturated carbocycles. The molecule has 1 aromatic rings. The number of nitro groups is 1. The van der Waals surface area contributed by atoms with Gasteiger partial charge in [0, 0.05) is 23.3 Å². The third kappa shape index (κ3) is 3.13. The molecule has 1 aromatic carbocycles. The second-order valence-electron chi connectivity index (χ2n) is 3.10. The number of benzene rings is 1. The number of nitrogens with one attached hydrogen (secondary N) is 1. The Bertz CT molecular complexity index is 474. The van der Waals surface area contributed by atoms with Crippen molar-refractivity contribution < 1.29 is 19.8 Å². The molecule has 1 rings (SSSR count). The number of nitro benzene ring substituents is 1. The van der Waals surface area contributed by atoms with Crippen LogP contribution in [0.25, 0.3) is 0 Å². The van der Waals surface area contributed by atoms with Gasteiger partial charge < -0.3 is 15.4 Å². The Hall–Kier alpha value is -2.19. The number of rotatable bonds is 4. The standard InChI is InChI=1S/C9H9BN2O5/c1-2-9(13)11-8-5-6(12(16)17)3-4-7(8)10(14)15/h2-5,14-15H,1H2,(H,11,13). The zero-order valence-electron chi connectivity index (χ0n) is 8.66. The highest BCUT2D eigenvalue weighted by atomic mass is 16.6. The molecule has 0 atom stereocenters. The van der Waals surface area contributed by atoms with Crippen molar-refractivity contribution in [3.63, 3.8) is 0 Å². The molecule has 0 saturated heterocycles. The maximum atomic E-state index is 11.1. The highest BCUT2D eigenvalue weighted by Gasteiger charge is 2.20. The fraction of sp³-hybridized carbons (Fsp3) is 0. The van der Waals surface area contributed by atoms with Crippen molar-refractivity contribution in [2.75, 3.05) is 5.32 Å². The van der Waals surface area contributed by atoms with E-state index in [0.29, 0.717) is 0 Å². The molecule has 7 nitrogen and oxygen atoms in total. The van der Waals surface area contributed by atoms with Gasteiger partial charge >= 0.3 is 7.12 Å². The van der Waals surface area contributed by atoms with E-state index in [4.69, 9.17) is 10.0 Å². The number of anilines is 1. The molecule has 0 unspecified atom stereocenters. The fourth-order valence-corrected chi connectivity index (χ4v) is 1.17. The molecule has 88 valence electrons. The number of non-ortho nitro benzene ring substituents is 1. The van der Waals surface area contributed by atoms with Gasteiger partial charge in [-0.15, -0.1) is 0 Å². The van der Waals surface area contributed by atoms with Crippen molar-refractivity contribution >= 4 is 29.9 Å². The lowest BCUT2D eigenvalue weighted by molar-refractivity contribution is -0.384. The smallest absolute Gasteiger partial charge is 0.423 e. The average molecular weight is 236 g/mol. The van der Waals surface area contributed by atoms with Gasteiger partial charge in [-0.3, -0.25) is 14.9 Å². The van der Waals surface area contributed by atoms with Gasteiger partial charge in [-0.25, -0.2) is 0 Å². The van der Waals surface area contributed by atoms with E-state index in [2.05, 4.69) is 11.9 Å². The van der Waals surface area contributed by atoms with Crippen molar-refractivity contribution in [2.24, 2.45) is 0 Å². The molecule has 8 heteroatoms. The SMILES string of the molecule is C=CC(=O)Nc1cc([N+](=O)[O-])ccc1B(O)O. The van der Waals surface area contributed by atoms with E-state index in [1.54, 1.807) is 0 Å². The largest absolute Gasteiger partial charge is 0.490 e. The molecule has 0 fully saturated rings. The molecule has 17 heavy (non-hydrogen) atoms.